The molecule has 2 N–H and O–H groups in total. The molecule has 1 aromatic carbocycles. The van der Waals surface area contributed by atoms with Crippen LogP contribution < -0.4 is 10.6 Å². The van der Waals surface area contributed by atoms with Gasteiger partial charge in [0.2, 0.25) is 0 Å². The smallest absolute Gasteiger partial charge is 0.0991 e. The van der Waals surface area contributed by atoms with Gasteiger partial charge in [-0.3, -0.25) is 4.98 Å². The highest BCUT2D eigenvalue weighted by molar-refractivity contribution is 5.75. The molecular weight excluding hydrogens is 288 g/mol. The van der Waals surface area contributed by atoms with Crippen LogP contribution in [0.5, 0.6) is 0 Å². The topological polar surface area (TPSA) is 75.2 Å². The second kappa shape index (κ2) is 8.16. The third-order valence-electron chi connectivity index (χ3n) is 3.57. The first kappa shape index (κ1) is 16.8. The molecule has 5 heteroatoms. The number of nitriles is 1. The van der Waals surface area contributed by atoms with Crippen LogP contribution in [-0.2, 0) is 4.74 Å². The summed E-state index contributed by atoms with van der Waals surface area (Å²) in [6, 6.07) is 11.3. The number of benzene rings is 1. The molecule has 0 bridgehead atoms. The molecule has 2 heterocycles. The van der Waals surface area contributed by atoms with Crippen LogP contribution >= 0.6 is 0 Å². The lowest BCUT2D eigenvalue weighted by atomic mass is 10.1. The van der Waals surface area contributed by atoms with Crippen molar-refractivity contribution in [3.8, 4) is 17.3 Å². The molecule has 0 unspecified atom stereocenters. The van der Waals surface area contributed by atoms with Gasteiger partial charge >= 0.3 is 0 Å². The molecule has 1 aromatic heterocycles. The molecule has 0 spiro atoms. The molecule has 0 saturated carbocycles. The highest BCUT2D eigenvalue weighted by atomic mass is 16.5. The zero-order chi connectivity index (χ0) is 16.7. The molecule has 0 radical (unpaired) electrons. The zero-order valence-corrected chi connectivity index (χ0v) is 13.6. The fourth-order valence-corrected chi connectivity index (χ4v) is 2.41. The summed E-state index contributed by atoms with van der Waals surface area (Å²) >= 11 is 0. The van der Waals surface area contributed by atoms with Crippen molar-refractivity contribution >= 4 is 11.4 Å². The average molecular weight is 310 g/mol. The van der Waals surface area contributed by atoms with Crippen LogP contribution in [0.2, 0.25) is 0 Å². The Kier molecular flexibility index (Phi) is 5.95. The number of ether oxygens (including phenoxy) is 1. The Hall–Kier alpha value is -2.58. The summed E-state index contributed by atoms with van der Waals surface area (Å²) in [7, 11) is 0. The van der Waals surface area contributed by atoms with E-state index in [1.165, 1.54) is 0 Å². The minimum absolute atomic E-state index is 0.627. The molecule has 0 atom stereocenters. The normalized spacial score (nSPS) is 13.7. The van der Waals surface area contributed by atoms with Crippen molar-refractivity contribution in [2.24, 2.45) is 0 Å². The molecular formula is C18H22N4O. The van der Waals surface area contributed by atoms with Gasteiger partial charge in [-0.2, -0.15) is 5.26 Å². The van der Waals surface area contributed by atoms with Crippen molar-refractivity contribution < 1.29 is 4.74 Å². The van der Waals surface area contributed by atoms with Gasteiger partial charge in [-0.15, -0.1) is 0 Å². The van der Waals surface area contributed by atoms with E-state index in [-0.39, 0.29) is 0 Å². The Morgan fingerprint density at radius 3 is 2.39 bits per heavy atom. The zero-order valence-electron chi connectivity index (χ0n) is 13.6. The minimum Gasteiger partial charge on any atom is -0.397 e. The lowest BCUT2D eigenvalue weighted by molar-refractivity contribution is 0.122. The second-order valence-electron chi connectivity index (χ2n) is 4.92. The van der Waals surface area contributed by atoms with Crippen LogP contribution in [0.15, 0.2) is 36.5 Å². The molecule has 3 rings (SSSR count). The number of nitrogen functional groups attached to an aromatic ring is 1. The molecule has 2 aromatic rings. The first-order chi connectivity index (χ1) is 11.3. The Labute approximate surface area is 137 Å². The fourth-order valence-electron chi connectivity index (χ4n) is 2.41. The molecule has 23 heavy (non-hydrogen) atoms. The summed E-state index contributed by atoms with van der Waals surface area (Å²) in [4.78, 5) is 6.71. The van der Waals surface area contributed by atoms with Crippen molar-refractivity contribution in [2.45, 2.75) is 13.8 Å². The maximum Gasteiger partial charge on any atom is 0.0991 e. The maximum atomic E-state index is 8.83. The molecule has 120 valence electrons. The third-order valence-corrected chi connectivity index (χ3v) is 3.57. The van der Waals surface area contributed by atoms with Gasteiger partial charge in [0, 0.05) is 18.7 Å². The third kappa shape index (κ3) is 3.99. The maximum absolute atomic E-state index is 8.83. The van der Waals surface area contributed by atoms with Crippen molar-refractivity contribution in [3.05, 3.63) is 42.1 Å². The number of nitrogens with two attached hydrogens (primary N) is 1. The predicted octanol–water partition coefficient (Wildman–Crippen LogP) is 3.07. The van der Waals surface area contributed by atoms with E-state index in [4.69, 9.17) is 15.7 Å². The van der Waals surface area contributed by atoms with Crippen LogP contribution in [0.25, 0.3) is 11.3 Å². The molecule has 1 aliphatic rings. The Morgan fingerprint density at radius 2 is 1.83 bits per heavy atom. The van der Waals surface area contributed by atoms with E-state index in [0.717, 1.165) is 43.2 Å². The van der Waals surface area contributed by atoms with Crippen molar-refractivity contribution in [1.82, 2.24) is 4.98 Å². The van der Waals surface area contributed by atoms with Gasteiger partial charge in [0.15, 0.2) is 0 Å². The number of pyridine rings is 1. The Balaban J connectivity index is 0.000000924. The van der Waals surface area contributed by atoms with Gasteiger partial charge in [-0.25, -0.2) is 0 Å². The second-order valence-corrected chi connectivity index (χ2v) is 4.92. The predicted molar refractivity (Wildman–Crippen MR) is 93.2 cm³/mol. The monoisotopic (exact) mass is 310 g/mol. The Morgan fingerprint density at radius 1 is 1.17 bits per heavy atom. The first-order valence-corrected chi connectivity index (χ1v) is 7.86. The number of hydrogen-bond donors (Lipinski definition) is 1. The number of aromatic nitrogens is 1. The molecule has 0 amide bonds. The van der Waals surface area contributed by atoms with Gasteiger partial charge in [0.25, 0.3) is 0 Å². The summed E-state index contributed by atoms with van der Waals surface area (Å²) in [5, 5.41) is 8.83. The van der Waals surface area contributed by atoms with E-state index in [2.05, 4.69) is 16.0 Å². The summed E-state index contributed by atoms with van der Waals surface area (Å²) in [5.41, 5.74) is 10.1. The molecule has 1 aliphatic heterocycles. The SMILES string of the molecule is CC.N#Cc1ccc(-c2ncc(N3CCOCC3)cc2N)cc1. The van der Waals surface area contributed by atoms with Crippen LogP contribution in [0.4, 0.5) is 11.4 Å². The van der Waals surface area contributed by atoms with Gasteiger partial charge in [-0.1, -0.05) is 26.0 Å². The average Bonchev–Trinajstić information content (AvgIpc) is 2.64. The quantitative estimate of drug-likeness (QED) is 0.922. The summed E-state index contributed by atoms with van der Waals surface area (Å²) < 4.78 is 5.35. The minimum atomic E-state index is 0.627. The highest BCUT2D eigenvalue weighted by Crippen LogP contribution is 2.27. The van der Waals surface area contributed by atoms with Gasteiger partial charge in [0.1, 0.15) is 0 Å². The van der Waals surface area contributed by atoms with Crippen molar-refractivity contribution in [2.75, 3.05) is 36.9 Å². The Bertz CT molecular complexity index is 670. The number of rotatable bonds is 2. The van der Waals surface area contributed by atoms with Gasteiger partial charge < -0.3 is 15.4 Å². The number of nitrogens with zero attached hydrogens (tertiary/aromatic N) is 3. The summed E-state index contributed by atoms with van der Waals surface area (Å²) in [6.07, 6.45) is 1.84. The van der Waals surface area contributed by atoms with Crippen molar-refractivity contribution in [3.63, 3.8) is 0 Å². The summed E-state index contributed by atoms with van der Waals surface area (Å²) in [5.74, 6) is 0. The number of hydrogen-bond acceptors (Lipinski definition) is 5. The molecule has 1 saturated heterocycles. The number of morpholine rings is 1. The van der Waals surface area contributed by atoms with Crippen molar-refractivity contribution in [1.29, 1.82) is 5.26 Å². The van der Waals surface area contributed by atoms with E-state index < -0.39 is 0 Å². The van der Waals surface area contributed by atoms with Crippen LogP contribution in [0.1, 0.15) is 19.4 Å². The summed E-state index contributed by atoms with van der Waals surface area (Å²) in [6.45, 7) is 7.18. The van der Waals surface area contributed by atoms with Crippen LogP contribution in [-0.4, -0.2) is 31.3 Å². The largest absolute Gasteiger partial charge is 0.397 e. The number of anilines is 2. The van der Waals surface area contributed by atoms with E-state index >= 15 is 0 Å². The van der Waals surface area contributed by atoms with Crippen LogP contribution in [0, 0.1) is 11.3 Å². The highest BCUT2D eigenvalue weighted by Gasteiger charge is 2.13. The van der Waals surface area contributed by atoms with E-state index in [0.29, 0.717) is 11.3 Å². The molecule has 5 nitrogen and oxygen atoms in total. The van der Waals surface area contributed by atoms with E-state index in [9.17, 15) is 0 Å². The standard InChI is InChI=1S/C16H16N4O.C2H6/c17-10-12-1-3-13(4-2-12)16-15(18)9-14(11-19-16)20-5-7-21-8-6-20;1-2/h1-4,9,11H,5-8,18H2;1-2H3. The molecule has 0 aliphatic carbocycles. The van der Waals surface area contributed by atoms with Gasteiger partial charge in [-0.05, 0) is 18.2 Å². The van der Waals surface area contributed by atoms with E-state index in [1.54, 1.807) is 12.1 Å². The van der Waals surface area contributed by atoms with Crippen LogP contribution in [0.3, 0.4) is 0 Å². The lowest BCUT2D eigenvalue weighted by Crippen LogP contribution is -2.36. The van der Waals surface area contributed by atoms with E-state index in [1.807, 2.05) is 38.2 Å². The lowest BCUT2D eigenvalue weighted by Gasteiger charge is -2.28. The fraction of sp³-hybridized carbons (Fsp3) is 0.333. The first-order valence-electron chi connectivity index (χ1n) is 7.86. The van der Waals surface area contributed by atoms with Gasteiger partial charge in [0.05, 0.1) is 48.1 Å². The molecule has 1 fully saturated rings.